The number of amides is 3. The van der Waals surface area contributed by atoms with Gasteiger partial charge in [0.2, 0.25) is 5.91 Å². The number of fused-ring (bicyclic) bond motifs is 1. The van der Waals surface area contributed by atoms with Crippen LogP contribution in [0.1, 0.15) is 27.1 Å². The SMILES string of the molecule is CSCCC(C(=O)Nc1nc(-c2ccc(Cl)cc2)cs1)N1C(=O)c2ccccc2C1=O. The molecule has 0 saturated heterocycles. The monoisotopic (exact) mass is 471 g/mol. The quantitative estimate of drug-likeness (QED) is 0.500. The summed E-state index contributed by atoms with van der Waals surface area (Å²) in [7, 11) is 0. The minimum Gasteiger partial charge on any atom is -0.300 e. The van der Waals surface area contributed by atoms with Crippen LogP contribution in [-0.2, 0) is 4.79 Å². The van der Waals surface area contributed by atoms with Crippen molar-refractivity contribution in [2.45, 2.75) is 12.5 Å². The van der Waals surface area contributed by atoms with Crippen molar-refractivity contribution in [3.8, 4) is 11.3 Å². The molecule has 0 aliphatic carbocycles. The Morgan fingerprint density at radius 2 is 1.77 bits per heavy atom. The number of nitrogens with one attached hydrogen (secondary N) is 1. The van der Waals surface area contributed by atoms with Crippen molar-refractivity contribution in [3.05, 3.63) is 70.1 Å². The van der Waals surface area contributed by atoms with Gasteiger partial charge in [0.25, 0.3) is 11.8 Å². The molecule has 3 amide bonds. The summed E-state index contributed by atoms with van der Waals surface area (Å²) in [4.78, 5) is 44.4. The molecule has 0 fully saturated rings. The van der Waals surface area contributed by atoms with Gasteiger partial charge < -0.3 is 5.32 Å². The van der Waals surface area contributed by atoms with Gasteiger partial charge in [-0.1, -0.05) is 35.9 Å². The average Bonchev–Trinajstić information content (AvgIpc) is 3.33. The van der Waals surface area contributed by atoms with E-state index in [-0.39, 0.29) is 0 Å². The molecule has 1 aliphatic heterocycles. The number of carbonyl (C=O) groups excluding carboxylic acids is 3. The highest BCUT2D eigenvalue weighted by Crippen LogP contribution is 2.29. The van der Waals surface area contributed by atoms with Crippen LogP contribution >= 0.6 is 34.7 Å². The van der Waals surface area contributed by atoms with Crippen molar-refractivity contribution < 1.29 is 14.4 Å². The van der Waals surface area contributed by atoms with Crippen molar-refractivity contribution in [2.24, 2.45) is 0 Å². The van der Waals surface area contributed by atoms with Crippen LogP contribution < -0.4 is 5.32 Å². The first-order valence-corrected chi connectivity index (χ1v) is 12.1. The summed E-state index contributed by atoms with van der Waals surface area (Å²) in [6.45, 7) is 0. The van der Waals surface area contributed by atoms with Crippen molar-refractivity contribution in [3.63, 3.8) is 0 Å². The summed E-state index contributed by atoms with van der Waals surface area (Å²) in [5.74, 6) is -0.689. The van der Waals surface area contributed by atoms with Gasteiger partial charge in [-0.05, 0) is 42.7 Å². The molecule has 1 N–H and O–H groups in total. The van der Waals surface area contributed by atoms with Crippen LogP contribution in [0.25, 0.3) is 11.3 Å². The Morgan fingerprint density at radius 1 is 1.13 bits per heavy atom. The molecule has 2 aromatic carbocycles. The van der Waals surface area contributed by atoms with E-state index in [4.69, 9.17) is 11.6 Å². The molecule has 158 valence electrons. The Labute approximate surface area is 192 Å². The molecule has 1 atom stereocenters. The van der Waals surface area contributed by atoms with E-state index in [2.05, 4.69) is 10.3 Å². The molecule has 4 rings (SSSR count). The Hall–Kier alpha value is -2.68. The second kappa shape index (κ2) is 9.21. The number of nitrogens with zero attached hydrogens (tertiary/aromatic N) is 2. The molecule has 6 nitrogen and oxygen atoms in total. The van der Waals surface area contributed by atoms with Crippen LogP contribution in [-0.4, -0.2) is 45.7 Å². The number of thioether (sulfide) groups is 1. The molecular weight excluding hydrogens is 454 g/mol. The lowest BCUT2D eigenvalue weighted by atomic mass is 10.1. The van der Waals surface area contributed by atoms with Gasteiger partial charge in [-0.15, -0.1) is 11.3 Å². The number of aromatic nitrogens is 1. The van der Waals surface area contributed by atoms with Gasteiger partial charge >= 0.3 is 0 Å². The van der Waals surface area contributed by atoms with Gasteiger partial charge in [0, 0.05) is 16.0 Å². The van der Waals surface area contributed by atoms with Gasteiger partial charge in [-0.3, -0.25) is 19.3 Å². The summed E-state index contributed by atoms with van der Waals surface area (Å²) in [5, 5.41) is 5.65. The highest BCUT2D eigenvalue weighted by Gasteiger charge is 2.42. The van der Waals surface area contributed by atoms with Crippen molar-refractivity contribution in [1.82, 2.24) is 9.88 Å². The maximum atomic E-state index is 13.1. The smallest absolute Gasteiger partial charge is 0.262 e. The fourth-order valence-electron chi connectivity index (χ4n) is 3.37. The maximum absolute atomic E-state index is 13.1. The fraction of sp³-hybridized carbons (Fsp3) is 0.182. The largest absolute Gasteiger partial charge is 0.300 e. The predicted molar refractivity (Wildman–Crippen MR) is 125 cm³/mol. The number of anilines is 1. The van der Waals surface area contributed by atoms with E-state index in [0.717, 1.165) is 10.5 Å². The molecular formula is C22H18ClN3O3S2. The van der Waals surface area contributed by atoms with E-state index in [9.17, 15) is 14.4 Å². The zero-order chi connectivity index (χ0) is 22.0. The topological polar surface area (TPSA) is 79.4 Å². The molecule has 0 spiro atoms. The first-order chi connectivity index (χ1) is 15.0. The summed E-state index contributed by atoms with van der Waals surface area (Å²) >= 11 is 8.76. The van der Waals surface area contributed by atoms with Crippen LogP contribution in [0.5, 0.6) is 0 Å². The third-order valence-electron chi connectivity index (χ3n) is 4.91. The second-order valence-electron chi connectivity index (χ2n) is 6.86. The summed E-state index contributed by atoms with van der Waals surface area (Å²) in [5.41, 5.74) is 2.24. The summed E-state index contributed by atoms with van der Waals surface area (Å²) < 4.78 is 0. The molecule has 1 aliphatic rings. The van der Waals surface area contributed by atoms with Crippen LogP contribution in [0.4, 0.5) is 5.13 Å². The van der Waals surface area contributed by atoms with Crippen LogP contribution in [0.15, 0.2) is 53.9 Å². The maximum Gasteiger partial charge on any atom is 0.262 e. The highest BCUT2D eigenvalue weighted by atomic mass is 35.5. The van der Waals surface area contributed by atoms with Crippen molar-refractivity contribution in [1.29, 1.82) is 0 Å². The first kappa shape index (κ1) is 21.5. The van der Waals surface area contributed by atoms with Gasteiger partial charge in [-0.25, -0.2) is 4.98 Å². The molecule has 0 saturated carbocycles. The Bertz CT molecular complexity index is 1110. The number of rotatable bonds is 7. The molecule has 2 heterocycles. The minimum atomic E-state index is -0.914. The molecule has 31 heavy (non-hydrogen) atoms. The van der Waals surface area contributed by atoms with Crippen LogP contribution in [0, 0.1) is 0 Å². The Balaban J connectivity index is 1.55. The summed E-state index contributed by atoms with van der Waals surface area (Å²) in [6, 6.07) is 13.0. The zero-order valence-corrected chi connectivity index (χ0v) is 18.9. The standard InChI is InChI=1S/C22H18ClN3O3S2/c1-30-11-10-18(26-20(28)15-4-2-3-5-16(15)21(26)29)19(27)25-22-24-17(12-31-22)13-6-8-14(23)9-7-13/h2-9,12,18H,10-11H2,1H3,(H,24,25,27). The van der Waals surface area contributed by atoms with E-state index in [1.165, 1.54) is 11.3 Å². The zero-order valence-electron chi connectivity index (χ0n) is 16.5. The van der Waals surface area contributed by atoms with Gasteiger partial charge in [0.15, 0.2) is 5.13 Å². The molecule has 0 radical (unpaired) electrons. The van der Waals surface area contributed by atoms with Gasteiger partial charge in [0.1, 0.15) is 6.04 Å². The van der Waals surface area contributed by atoms with E-state index in [0.29, 0.717) is 39.1 Å². The molecule has 1 unspecified atom stereocenters. The van der Waals surface area contributed by atoms with Gasteiger partial charge in [-0.2, -0.15) is 11.8 Å². The van der Waals surface area contributed by atoms with E-state index in [1.807, 2.05) is 23.8 Å². The third kappa shape index (κ3) is 4.37. The average molecular weight is 472 g/mol. The predicted octanol–water partition coefficient (Wildman–Crippen LogP) is 4.82. The van der Waals surface area contributed by atoms with Crippen molar-refractivity contribution in [2.75, 3.05) is 17.3 Å². The van der Waals surface area contributed by atoms with Crippen molar-refractivity contribution >= 4 is 57.6 Å². The number of carbonyl (C=O) groups is 3. The minimum absolute atomic E-state index is 0.328. The number of halogens is 1. The van der Waals surface area contributed by atoms with E-state index < -0.39 is 23.8 Å². The van der Waals surface area contributed by atoms with E-state index >= 15 is 0 Å². The van der Waals surface area contributed by atoms with Crippen LogP contribution in [0.3, 0.4) is 0 Å². The lowest BCUT2D eigenvalue weighted by Gasteiger charge is -2.24. The normalized spacial score (nSPS) is 13.9. The molecule has 9 heteroatoms. The number of benzene rings is 2. The third-order valence-corrected chi connectivity index (χ3v) is 6.56. The van der Waals surface area contributed by atoms with Crippen LogP contribution in [0.2, 0.25) is 5.02 Å². The van der Waals surface area contributed by atoms with Gasteiger partial charge in [0.05, 0.1) is 16.8 Å². The number of imide groups is 1. The van der Waals surface area contributed by atoms with E-state index in [1.54, 1.807) is 48.2 Å². The molecule has 0 bridgehead atoms. The first-order valence-electron chi connectivity index (χ1n) is 9.48. The Morgan fingerprint density at radius 3 is 2.39 bits per heavy atom. The lowest BCUT2D eigenvalue weighted by Crippen LogP contribution is -2.47. The molecule has 3 aromatic rings. The Kier molecular flexibility index (Phi) is 6.41. The number of thiazole rings is 1. The summed E-state index contributed by atoms with van der Waals surface area (Å²) in [6.07, 6.45) is 2.27. The second-order valence-corrected chi connectivity index (χ2v) is 9.14. The number of hydrogen-bond acceptors (Lipinski definition) is 6. The highest BCUT2D eigenvalue weighted by molar-refractivity contribution is 7.98. The fourth-order valence-corrected chi connectivity index (χ4v) is 4.68. The number of hydrogen-bond donors (Lipinski definition) is 1. The molecule has 1 aromatic heterocycles. The lowest BCUT2D eigenvalue weighted by molar-refractivity contribution is -0.120.